The zero-order valence-corrected chi connectivity index (χ0v) is 7.58. The number of hydrogen-bond donors (Lipinski definition) is 2. The average Bonchev–Trinajstić information content (AvgIpc) is 2.61. The molecule has 1 aliphatic rings. The van der Waals surface area contributed by atoms with Crippen LogP contribution in [0.15, 0.2) is 18.6 Å². The smallest absolute Gasteiger partial charge is 0.115 e. The number of aromatic nitrogens is 2. The fourth-order valence-electron chi connectivity index (χ4n) is 1.57. The Morgan fingerprint density at radius 1 is 1.57 bits per heavy atom. The maximum atomic E-state index is 9.49. The van der Waals surface area contributed by atoms with Crippen molar-refractivity contribution in [3.8, 4) is 0 Å². The molecule has 1 aliphatic heterocycles. The summed E-state index contributed by atoms with van der Waals surface area (Å²) in [4.78, 5) is 7.83. The topological polar surface area (TPSA) is 75.5 Å². The van der Waals surface area contributed by atoms with Crippen LogP contribution in [-0.4, -0.2) is 39.0 Å². The summed E-state index contributed by atoms with van der Waals surface area (Å²) in [6, 6.07) is 1.75. The maximum absolute atomic E-state index is 9.49. The zero-order chi connectivity index (χ0) is 9.97. The minimum absolute atomic E-state index is 0.164. The molecule has 0 unspecified atom stereocenters. The van der Waals surface area contributed by atoms with Crippen molar-refractivity contribution < 1.29 is 14.9 Å². The summed E-state index contributed by atoms with van der Waals surface area (Å²) in [6.45, 7) is -0.164. The van der Waals surface area contributed by atoms with Gasteiger partial charge in [-0.2, -0.15) is 0 Å². The Morgan fingerprint density at radius 2 is 2.43 bits per heavy atom. The highest BCUT2D eigenvalue weighted by Crippen LogP contribution is 2.31. The molecular formula is C9H12N2O3. The monoisotopic (exact) mass is 196 g/mol. The van der Waals surface area contributed by atoms with E-state index in [9.17, 15) is 5.11 Å². The van der Waals surface area contributed by atoms with Gasteiger partial charge in [0.05, 0.1) is 18.4 Å². The molecule has 0 bridgehead atoms. The van der Waals surface area contributed by atoms with E-state index in [0.717, 1.165) is 5.69 Å². The highest BCUT2D eigenvalue weighted by molar-refractivity contribution is 5.05. The molecule has 0 spiro atoms. The van der Waals surface area contributed by atoms with Gasteiger partial charge in [0.25, 0.3) is 0 Å². The van der Waals surface area contributed by atoms with Crippen LogP contribution >= 0.6 is 0 Å². The Balaban J connectivity index is 2.09. The molecule has 0 radical (unpaired) electrons. The van der Waals surface area contributed by atoms with Crippen LogP contribution in [0.2, 0.25) is 0 Å². The van der Waals surface area contributed by atoms with E-state index in [-0.39, 0.29) is 12.7 Å². The molecule has 1 aromatic heterocycles. The largest absolute Gasteiger partial charge is 0.394 e. The number of nitrogens with zero attached hydrogens (tertiary/aromatic N) is 2. The molecule has 0 aromatic carbocycles. The third-order valence-corrected chi connectivity index (χ3v) is 2.34. The summed E-state index contributed by atoms with van der Waals surface area (Å²) in [5.74, 6) is 0. The number of ether oxygens (including phenoxy) is 1. The molecule has 1 aromatic rings. The second-order valence-corrected chi connectivity index (χ2v) is 3.28. The van der Waals surface area contributed by atoms with Gasteiger partial charge in [-0.3, -0.25) is 0 Å². The summed E-state index contributed by atoms with van der Waals surface area (Å²) in [7, 11) is 0. The molecule has 1 fully saturated rings. The van der Waals surface area contributed by atoms with E-state index in [2.05, 4.69) is 9.97 Å². The van der Waals surface area contributed by atoms with E-state index in [1.807, 2.05) is 0 Å². The van der Waals surface area contributed by atoms with Crippen molar-refractivity contribution in [3.63, 3.8) is 0 Å². The number of rotatable bonds is 2. The standard InChI is InChI=1S/C9H12N2O3/c12-4-9-7(13)3-8(14-9)6-1-2-10-5-11-6/h1-2,5,7-9,12-13H,3-4H2/t7-,8+,9+/m0/s1. The van der Waals surface area contributed by atoms with Crippen LogP contribution in [0.4, 0.5) is 0 Å². The summed E-state index contributed by atoms with van der Waals surface area (Å²) < 4.78 is 5.42. The fraction of sp³-hybridized carbons (Fsp3) is 0.556. The Labute approximate surface area is 81.4 Å². The van der Waals surface area contributed by atoms with Gasteiger partial charge >= 0.3 is 0 Å². The molecular weight excluding hydrogens is 184 g/mol. The lowest BCUT2D eigenvalue weighted by atomic mass is 10.1. The van der Waals surface area contributed by atoms with Gasteiger partial charge in [-0.05, 0) is 6.07 Å². The Morgan fingerprint density at radius 3 is 3.00 bits per heavy atom. The normalized spacial score (nSPS) is 32.0. The van der Waals surface area contributed by atoms with Crippen molar-refractivity contribution in [2.24, 2.45) is 0 Å². The van der Waals surface area contributed by atoms with Gasteiger partial charge in [-0.15, -0.1) is 0 Å². The number of hydrogen-bond acceptors (Lipinski definition) is 5. The summed E-state index contributed by atoms with van der Waals surface area (Å²) >= 11 is 0. The lowest BCUT2D eigenvalue weighted by Gasteiger charge is -2.10. The van der Waals surface area contributed by atoms with E-state index in [1.54, 1.807) is 12.3 Å². The van der Waals surface area contributed by atoms with Gasteiger partial charge in [-0.25, -0.2) is 9.97 Å². The Kier molecular flexibility index (Phi) is 2.72. The van der Waals surface area contributed by atoms with Crippen molar-refractivity contribution in [1.82, 2.24) is 9.97 Å². The second-order valence-electron chi connectivity index (χ2n) is 3.28. The second kappa shape index (κ2) is 4.00. The summed E-state index contributed by atoms with van der Waals surface area (Å²) in [5.41, 5.74) is 0.745. The third-order valence-electron chi connectivity index (χ3n) is 2.34. The van der Waals surface area contributed by atoms with Crippen LogP contribution in [0.1, 0.15) is 18.2 Å². The van der Waals surface area contributed by atoms with Gasteiger partial charge in [0.2, 0.25) is 0 Å². The molecule has 2 heterocycles. The van der Waals surface area contributed by atoms with Crippen molar-refractivity contribution in [1.29, 1.82) is 0 Å². The van der Waals surface area contributed by atoms with E-state index >= 15 is 0 Å². The van der Waals surface area contributed by atoms with Crippen molar-refractivity contribution >= 4 is 0 Å². The van der Waals surface area contributed by atoms with Crippen molar-refractivity contribution in [3.05, 3.63) is 24.3 Å². The van der Waals surface area contributed by atoms with Crippen LogP contribution in [0.5, 0.6) is 0 Å². The molecule has 76 valence electrons. The van der Waals surface area contributed by atoms with Crippen LogP contribution < -0.4 is 0 Å². The molecule has 5 heteroatoms. The first-order valence-corrected chi connectivity index (χ1v) is 4.51. The average molecular weight is 196 g/mol. The van der Waals surface area contributed by atoms with Gasteiger partial charge in [0, 0.05) is 12.6 Å². The number of aliphatic hydroxyl groups is 2. The van der Waals surface area contributed by atoms with Gasteiger partial charge in [0.15, 0.2) is 0 Å². The zero-order valence-electron chi connectivity index (χ0n) is 7.58. The molecule has 0 aliphatic carbocycles. The van der Waals surface area contributed by atoms with Crippen molar-refractivity contribution in [2.45, 2.75) is 24.7 Å². The van der Waals surface area contributed by atoms with Gasteiger partial charge in [-0.1, -0.05) is 0 Å². The first-order valence-electron chi connectivity index (χ1n) is 4.51. The SMILES string of the molecule is OC[C@H]1O[C@@H](c2ccncn2)C[C@@H]1O. The Hall–Kier alpha value is -1.04. The molecule has 0 amide bonds. The van der Waals surface area contributed by atoms with Gasteiger partial charge in [0.1, 0.15) is 18.5 Å². The molecule has 5 nitrogen and oxygen atoms in total. The highest BCUT2D eigenvalue weighted by Gasteiger charge is 2.34. The molecule has 14 heavy (non-hydrogen) atoms. The predicted octanol–water partition coefficient (Wildman–Crippen LogP) is -0.340. The minimum atomic E-state index is -0.611. The number of aliphatic hydroxyl groups excluding tert-OH is 2. The molecule has 1 saturated heterocycles. The lowest BCUT2D eigenvalue weighted by Crippen LogP contribution is -2.24. The molecule has 0 saturated carbocycles. The van der Waals surface area contributed by atoms with E-state index in [0.29, 0.717) is 6.42 Å². The summed E-state index contributed by atoms with van der Waals surface area (Å²) in [5, 5.41) is 18.4. The highest BCUT2D eigenvalue weighted by atomic mass is 16.5. The van der Waals surface area contributed by atoms with E-state index in [4.69, 9.17) is 9.84 Å². The minimum Gasteiger partial charge on any atom is -0.394 e. The van der Waals surface area contributed by atoms with Gasteiger partial charge < -0.3 is 14.9 Å². The first-order chi connectivity index (χ1) is 6.81. The predicted molar refractivity (Wildman–Crippen MR) is 47.4 cm³/mol. The third kappa shape index (κ3) is 1.75. The van der Waals surface area contributed by atoms with Crippen LogP contribution in [-0.2, 0) is 4.74 Å². The molecule has 2 N–H and O–H groups in total. The van der Waals surface area contributed by atoms with Crippen LogP contribution in [0.25, 0.3) is 0 Å². The van der Waals surface area contributed by atoms with Crippen LogP contribution in [0, 0.1) is 0 Å². The van der Waals surface area contributed by atoms with Crippen molar-refractivity contribution in [2.75, 3.05) is 6.61 Å². The fourth-order valence-corrected chi connectivity index (χ4v) is 1.57. The first kappa shape index (κ1) is 9.51. The van der Waals surface area contributed by atoms with E-state index < -0.39 is 12.2 Å². The van der Waals surface area contributed by atoms with E-state index in [1.165, 1.54) is 6.33 Å². The summed E-state index contributed by atoms with van der Waals surface area (Å²) in [6.07, 6.45) is 2.21. The molecule has 3 atom stereocenters. The lowest BCUT2D eigenvalue weighted by molar-refractivity contribution is -0.0236. The quantitative estimate of drug-likeness (QED) is 0.676. The Bertz CT molecular complexity index is 293. The molecule has 2 rings (SSSR count). The van der Waals surface area contributed by atoms with Crippen LogP contribution in [0.3, 0.4) is 0 Å². The maximum Gasteiger partial charge on any atom is 0.115 e.